The molecule has 1 heterocycles. The third kappa shape index (κ3) is 5.32. The summed E-state index contributed by atoms with van der Waals surface area (Å²) in [5.41, 5.74) is 0.621. The standard InChI is InChI=1S/C17H26N2O4/c1-11(19-16(20)23-17(3,4)5)9-18-12(2)13-6-7-14-15(8-13)22-10-21-14/h6-8,11-12,18H,9-10H2,1-5H3,(H,19,20). The minimum absolute atomic E-state index is 0.0405. The Balaban J connectivity index is 1.79. The Morgan fingerprint density at radius 3 is 2.65 bits per heavy atom. The van der Waals surface area contributed by atoms with Crippen LogP contribution in [0.2, 0.25) is 0 Å². The Morgan fingerprint density at radius 1 is 1.26 bits per heavy atom. The Kier molecular flexibility index (Phi) is 5.36. The average molecular weight is 322 g/mol. The van der Waals surface area contributed by atoms with Gasteiger partial charge in [0, 0.05) is 18.6 Å². The van der Waals surface area contributed by atoms with Crippen LogP contribution < -0.4 is 20.1 Å². The van der Waals surface area contributed by atoms with Crippen molar-refractivity contribution in [1.82, 2.24) is 10.6 Å². The van der Waals surface area contributed by atoms with Crippen molar-refractivity contribution in [3.63, 3.8) is 0 Å². The molecule has 0 bridgehead atoms. The van der Waals surface area contributed by atoms with Gasteiger partial charge in [-0.1, -0.05) is 6.07 Å². The molecule has 2 rings (SSSR count). The lowest BCUT2D eigenvalue weighted by molar-refractivity contribution is 0.0507. The normalized spacial score (nSPS) is 15.9. The Hall–Kier alpha value is -1.95. The van der Waals surface area contributed by atoms with Crippen molar-refractivity contribution in [3.05, 3.63) is 23.8 Å². The van der Waals surface area contributed by atoms with E-state index < -0.39 is 11.7 Å². The van der Waals surface area contributed by atoms with Gasteiger partial charge < -0.3 is 24.8 Å². The first kappa shape index (κ1) is 17.4. The number of carbonyl (C=O) groups is 1. The van der Waals surface area contributed by atoms with E-state index in [0.29, 0.717) is 6.54 Å². The van der Waals surface area contributed by atoms with E-state index in [1.165, 1.54) is 0 Å². The van der Waals surface area contributed by atoms with Gasteiger partial charge in [-0.3, -0.25) is 0 Å². The first-order valence-corrected chi connectivity index (χ1v) is 7.87. The number of rotatable bonds is 5. The van der Waals surface area contributed by atoms with Crippen LogP contribution in [-0.4, -0.2) is 31.1 Å². The van der Waals surface area contributed by atoms with Crippen LogP contribution in [0.5, 0.6) is 11.5 Å². The smallest absolute Gasteiger partial charge is 0.407 e. The molecule has 0 fully saturated rings. The van der Waals surface area contributed by atoms with Crippen molar-refractivity contribution >= 4 is 6.09 Å². The van der Waals surface area contributed by atoms with Crippen LogP contribution in [0, 0.1) is 0 Å². The fourth-order valence-electron chi connectivity index (χ4n) is 2.21. The summed E-state index contributed by atoms with van der Waals surface area (Å²) in [4.78, 5) is 11.7. The molecule has 2 N–H and O–H groups in total. The lowest BCUT2D eigenvalue weighted by Gasteiger charge is -2.23. The van der Waals surface area contributed by atoms with E-state index in [2.05, 4.69) is 17.6 Å². The fourth-order valence-corrected chi connectivity index (χ4v) is 2.21. The maximum atomic E-state index is 11.7. The molecule has 6 nitrogen and oxygen atoms in total. The molecule has 0 aliphatic carbocycles. The number of alkyl carbamates (subject to hydrolysis) is 1. The SMILES string of the molecule is CC(CNC(C)c1ccc2c(c1)OCO2)NC(=O)OC(C)(C)C. The summed E-state index contributed by atoms with van der Waals surface area (Å²) in [5.74, 6) is 1.55. The quantitative estimate of drug-likeness (QED) is 0.872. The van der Waals surface area contributed by atoms with Gasteiger partial charge in [0.1, 0.15) is 5.60 Å². The summed E-state index contributed by atoms with van der Waals surface area (Å²) in [6, 6.07) is 6.00. The molecule has 0 radical (unpaired) electrons. The van der Waals surface area contributed by atoms with E-state index in [1.54, 1.807) is 0 Å². The van der Waals surface area contributed by atoms with Crippen molar-refractivity contribution in [3.8, 4) is 11.5 Å². The zero-order valence-electron chi connectivity index (χ0n) is 14.4. The van der Waals surface area contributed by atoms with Gasteiger partial charge in [-0.05, 0) is 52.3 Å². The van der Waals surface area contributed by atoms with Gasteiger partial charge >= 0.3 is 6.09 Å². The monoisotopic (exact) mass is 322 g/mol. The third-order valence-corrected chi connectivity index (χ3v) is 3.39. The molecule has 2 atom stereocenters. The van der Waals surface area contributed by atoms with Crippen molar-refractivity contribution in [2.24, 2.45) is 0 Å². The molecular weight excluding hydrogens is 296 g/mol. The van der Waals surface area contributed by atoms with E-state index in [9.17, 15) is 4.79 Å². The summed E-state index contributed by atoms with van der Waals surface area (Å²) in [7, 11) is 0. The molecule has 6 heteroatoms. The summed E-state index contributed by atoms with van der Waals surface area (Å²) in [6.45, 7) is 10.4. The van der Waals surface area contributed by atoms with Crippen LogP contribution in [0.3, 0.4) is 0 Å². The summed E-state index contributed by atoms with van der Waals surface area (Å²) in [6.07, 6.45) is -0.400. The van der Waals surface area contributed by atoms with Gasteiger partial charge in [0.15, 0.2) is 11.5 Å². The van der Waals surface area contributed by atoms with E-state index >= 15 is 0 Å². The summed E-state index contributed by atoms with van der Waals surface area (Å²) >= 11 is 0. The average Bonchev–Trinajstić information content (AvgIpc) is 2.89. The number of hydrogen-bond donors (Lipinski definition) is 2. The number of amides is 1. The largest absolute Gasteiger partial charge is 0.454 e. The van der Waals surface area contributed by atoms with Crippen LogP contribution in [0.1, 0.15) is 46.2 Å². The molecular formula is C17H26N2O4. The highest BCUT2D eigenvalue weighted by molar-refractivity contribution is 5.68. The number of hydrogen-bond acceptors (Lipinski definition) is 5. The van der Waals surface area contributed by atoms with E-state index in [4.69, 9.17) is 14.2 Å². The molecule has 0 spiro atoms. The lowest BCUT2D eigenvalue weighted by atomic mass is 10.1. The molecule has 2 unspecified atom stereocenters. The summed E-state index contributed by atoms with van der Waals surface area (Å²) < 4.78 is 15.9. The molecule has 0 aromatic heterocycles. The van der Waals surface area contributed by atoms with Gasteiger partial charge in [-0.15, -0.1) is 0 Å². The maximum absolute atomic E-state index is 11.7. The highest BCUT2D eigenvalue weighted by Crippen LogP contribution is 2.34. The number of nitrogens with one attached hydrogen (secondary N) is 2. The first-order valence-electron chi connectivity index (χ1n) is 7.87. The van der Waals surface area contributed by atoms with Gasteiger partial charge in [0.2, 0.25) is 6.79 Å². The highest BCUT2D eigenvalue weighted by Gasteiger charge is 2.19. The maximum Gasteiger partial charge on any atom is 0.407 e. The number of ether oxygens (including phenoxy) is 3. The van der Waals surface area contributed by atoms with Crippen LogP contribution in [0.25, 0.3) is 0 Å². The minimum Gasteiger partial charge on any atom is -0.454 e. The van der Waals surface area contributed by atoms with E-state index in [1.807, 2.05) is 45.9 Å². The highest BCUT2D eigenvalue weighted by atomic mass is 16.7. The van der Waals surface area contributed by atoms with Crippen LogP contribution >= 0.6 is 0 Å². The Labute approximate surface area is 137 Å². The minimum atomic E-state index is -0.489. The molecule has 0 saturated heterocycles. The van der Waals surface area contributed by atoms with Gasteiger partial charge in [0.25, 0.3) is 0 Å². The lowest BCUT2D eigenvalue weighted by Crippen LogP contribution is -2.43. The number of carbonyl (C=O) groups excluding carboxylic acids is 1. The molecule has 128 valence electrons. The predicted molar refractivity (Wildman–Crippen MR) is 87.8 cm³/mol. The molecule has 1 aromatic carbocycles. The van der Waals surface area contributed by atoms with E-state index in [-0.39, 0.29) is 18.9 Å². The zero-order valence-corrected chi connectivity index (χ0v) is 14.4. The molecule has 1 aliphatic rings. The second-order valence-corrected chi connectivity index (χ2v) is 6.79. The van der Waals surface area contributed by atoms with Gasteiger partial charge in [-0.25, -0.2) is 4.79 Å². The van der Waals surface area contributed by atoms with Crippen molar-refractivity contribution in [2.75, 3.05) is 13.3 Å². The third-order valence-electron chi connectivity index (χ3n) is 3.39. The summed E-state index contributed by atoms with van der Waals surface area (Å²) in [5, 5.41) is 6.21. The molecule has 1 amide bonds. The molecule has 1 aliphatic heterocycles. The van der Waals surface area contributed by atoms with Gasteiger partial charge in [-0.2, -0.15) is 0 Å². The van der Waals surface area contributed by atoms with E-state index in [0.717, 1.165) is 17.1 Å². The molecule has 1 aromatic rings. The molecule has 0 saturated carbocycles. The molecule has 23 heavy (non-hydrogen) atoms. The topological polar surface area (TPSA) is 68.8 Å². The fraction of sp³-hybridized carbons (Fsp3) is 0.588. The second kappa shape index (κ2) is 7.08. The van der Waals surface area contributed by atoms with Crippen LogP contribution in [-0.2, 0) is 4.74 Å². The first-order chi connectivity index (χ1) is 10.7. The van der Waals surface area contributed by atoms with Gasteiger partial charge in [0.05, 0.1) is 0 Å². The van der Waals surface area contributed by atoms with Crippen LogP contribution in [0.15, 0.2) is 18.2 Å². The zero-order chi connectivity index (χ0) is 17.0. The van der Waals surface area contributed by atoms with Crippen molar-refractivity contribution in [2.45, 2.75) is 52.3 Å². The predicted octanol–water partition coefficient (Wildman–Crippen LogP) is 2.98. The number of benzene rings is 1. The second-order valence-electron chi connectivity index (χ2n) is 6.79. The Morgan fingerprint density at radius 2 is 1.96 bits per heavy atom. The Bertz CT molecular complexity index is 554. The van der Waals surface area contributed by atoms with Crippen molar-refractivity contribution in [1.29, 1.82) is 0 Å². The van der Waals surface area contributed by atoms with Crippen molar-refractivity contribution < 1.29 is 19.0 Å². The van der Waals surface area contributed by atoms with Crippen LogP contribution in [0.4, 0.5) is 4.79 Å². The number of fused-ring (bicyclic) bond motifs is 1.